The molecule has 3 aliphatic heterocycles. The number of carboxylic acid groups (broad SMARTS) is 1. The van der Waals surface area contributed by atoms with Crippen molar-refractivity contribution in [1.82, 2.24) is 0 Å². The minimum absolute atomic E-state index is 0.133. The second-order valence-corrected chi connectivity index (χ2v) is 25.1. The molecule has 76 heavy (non-hydrogen) atoms. The van der Waals surface area contributed by atoms with Crippen LogP contribution < -0.4 is 0 Å². The van der Waals surface area contributed by atoms with Crippen molar-refractivity contribution in [3.8, 4) is 0 Å². The summed E-state index contributed by atoms with van der Waals surface area (Å²) in [4.78, 5) is 26.1. The number of ether oxygens (including phenoxy) is 7. The van der Waals surface area contributed by atoms with E-state index in [2.05, 4.69) is 19.9 Å². The molecule has 8 rings (SSSR count). The summed E-state index contributed by atoms with van der Waals surface area (Å²) in [7, 11) is 0. The zero-order valence-electron chi connectivity index (χ0n) is 44.7. The number of hydrogen-bond acceptors (Lipinski definition) is 22. The molecule has 0 spiro atoms. The van der Waals surface area contributed by atoms with E-state index in [0.717, 1.165) is 5.57 Å². The minimum atomic E-state index is -2.19. The summed E-state index contributed by atoms with van der Waals surface area (Å²) >= 11 is 0. The zero-order valence-corrected chi connectivity index (χ0v) is 44.7. The topological polar surface area (TPSA) is 382 Å². The minimum Gasteiger partial charge on any atom is -0.479 e. The van der Waals surface area contributed by atoms with E-state index in [-0.39, 0.29) is 11.8 Å². The predicted molar refractivity (Wildman–Crippen MR) is 259 cm³/mol. The summed E-state index contributed by atoms with van der Waals surface area (Å²) < 4.78 is 42.3. The molecule has 8 aliphatic rings. The molecular formula is C53H84O23. The lowest BCUT2D eigenvalue weighted by molar-refractivity contribution is -0.396. The van der Waals surface area contributed by atoms with E-state index in [9.17, 15) is 81.1 Å². The number of fused-ring (bicyclic) bond motifs is 7. The highest BCUT2D eigenvalue weighted by Gasteiger charge is 2.76. The van der Waals surface area contributed by atoms with Gasteiger partial charge >= 0.3 is 11.9 Å². The summed E-state index contributed by atoms with van der Waals surface area (Å²) in [5.41, 5.74) is -4.44. The van der Waals surface area contributed by atoms with E-state index in [4.69, 9.17) is 33.2 Å². The van der Waals surface area contributed by atoms with Crippen LogP contribution in [0.4, 0.5) is 0 Å². The number of hydrogen-bond donors (Lipinski definition) is 14. The van der Waals surface area contributed by atoms with Crippen LogP contribution in [0.2, 0.25) is 0 Å². The van der Waals surface area contributed by atoms with Crippen LogP contribution in [-0.2, 0) is 42.7 Å². The maximum atomic E-state index is 13.2. The number of aliphatic hydroxyl groups excluding tert-OH is 13. The molecule has 7 fully saturated rings. The number of carboxylic acids is 1. The third-order valence-corrected chi connectivity index (χ3v) is 20.8. The molecular weight excluding hydrogens is 1000 g/mol. The van der Waals surface area contributed by atoms with Gasteiger partial charge in [0.25, 0.3) is 0 Å². The Labute approximate surface area is 442 Å². The number of carbonyl (C=O) groups is 2. The third-order valence-electron chi connectivity index (χ3n) is 20.8. The van der Waals surface area contributed by atoms with Gasteiger partial charge in [-0.05, 0) is 86.4 Å². The highest BCUT2D eigenvalue weighted by Crippen LogP contribution is 2.76. The number of rotatable bonds is 12. The molecule has 0 radical (unpaired) electrons. The Morgan fingerprint density at radius 1 is 0.671 bits per heavy atom. The fourth-order valence-corrected chi connectivity index (χ4v) is 16.0. The molecule has 434 valence electrons. The lowest BCUT2D eigenvalue weighted by Gasteiger charge is -2.73. The van der Waals surface area contributed by atoms with Gasteiger partial charge in [0.2, 0.25) is 0 Å². The number of esters is 1. The molecule has 4 saturated carbocycles. The van der Waals surface area contributed by atoms with Gasteiger partial charge in [0.15, 0.2) is 25.0 Å². The largest absolute Gasteiger partial charge is 0.479 e. The average molecular weight is 1090 g/mol. The summed E-state index contributed by atoms with van der Waals surface area (Å²) in [6.45, 7) is 15.0. The summed E-state index contributed by atoms with van der Waals surface area (Å²) in [6.07, 6.45) is -28.6. The van der Waals surface area contributed by atoms with E-state index in [1.165, 1.54) is 0 Å². The van der Waals surface area contributed by atoms with Crippen molar-refractivity contribution in [3.05, 3.63) is 23.3 Å². The zero-order chi connectivity index (χ0) is 56.3. The average Bonchev–Trinajstić information content (AvgIpc) is 3.48. The van der Waals surface area contributed by atoms with Crippen LogP contribution in [0.5, 0.6) is 0 Å². The fraction of sp³-hybridized carbons (Fsp3) is 0.887. The fourth-order valence-electron chi connectivity index (χ4n) is 16.0. The molecule has 3 heterocycles. The number of aliphatic carboxylic acids is 1. The van der Waals surface area contributed by atoms with Gasteiger partial charge in [-0.15, -0.1) is 0 Å². The Kier molecular flexibility index (Phi) is 16.7. The van der Waals surface area contributed by atoms with Crippen molar-refractivity contribution in [2.75, 3.05) is 19.8 Å². The van der Waals surface area contributed by atoms with Gasteiger partial charge in [0, 0.05) is 16.4 Å². The standard InChI is InChI=1S/C53H84O23/c1-10-21(2)44(69)76-42-41(66)53(20-56)23(17-48(42,3)4)22-11-12-27-50(7)15-14-28(49(5,6)26(50)13-16-51(27,8)52(22,9)39(64)40(53)65)72-47-38(75-46-34(62)32(60)30(58)25(19-55)71-46)36(35(63)37(74-47)43(67)68)73-45-33(61)31(59)29(57)24(18-54)70-45/h10-11,23-42,45-47,54-66H,12-20H2,1-9H3,(H,67,68). The highest BCUT2D eigenvalue weighted by molar-refractivity contribution is 5.87. The van der Waals surface area contributed by atoms with Crippen molar-refractivity contribution in [2.45, 2.75) is 223 Å². The Bertz CT molecular complexity index is 2190. The smallest absolute Gasteiger partial charge is 0.335 e. The first-order valence-electron chi connectivity index (χ1n) is 26.7. The van der Waals surface area contributed by atoms with Gasteiger partial charge in [-0.2, -0.15) is 0 Å². The summed E-state index contributed by atoms with van der Waals surface area (Å²) in [6, 6.07) is 0. The van der Waals surface area contributed by atoms with Crippen molar-refractivity contribution >= 4 is 11.9 Å². The predicted octanol–water partition coefficient (Wildman–Crippen LogP) is -1.89. The second kappa shape index (κ2) is 21.2. The first-order chi connectivity index (χ1) is 35.4. The van der Waals surface area contributed by atoms with E-state index >= 15 is 0 Å². The Hall–Kier alpha value is -2.34. The van der Waals surface area contributed by atoms with Gasteiger partial charge in [-0.3, -0.25) is 0 Å². The van der Waals surface area contributed by atoms with Crippen LogP contribution in [-0.4, -0.2) is 226 Å². The molecule has 14 N–H and O–H groups in total. The Balaban J connectivity index is 1.12. The molecule has 27 unspecified atom stereocenters. The van der Waals surface area contributed by atoms with Gasteiger partial charge in [-0.1, -0.05) is 66.2 Å². The number of aliphatic hydroxyl groups is 13. The van der Waals surface area contributed by atoms with Crippen molar-refractivity contribution in [1.29, 1.82) is 0 Å². The lowest BCUT2D eigenvalue weighted by Crippen LogP contribution is -2.76. The molecule has 5 aliphatic carbocycles. The van der Waals surface area contributed by atoms with Gasteiger partial charge in [0.1, 0.15) is 79.4 Å². The molecule has 23 nitrogen and oxygen atoms in total. The van der Waals surface area contributed by atoms with E-state index in [1.54, 1.807) is 19.9 Å². The maximum Gasteiger partial charge on any atom is 0.335 e. The van der Waals surface area contributed by atoms with Gasteiger partial charge in [-0.25, -0.2) is 9.59 Å². The van der Waals surface area contributed by atoms with Crippen molar-refractivity contribution in [3.63, 3.8) is 0 Å². The molecule has 0 aromatic heterocycles. The molecule has 3 saturated heterocycles. The maximum absolute atomic E-state index is 13.2. The van der Waals surface area contributed by atoms with E-state index in [1.807, 2.05) is 34.6 Å². The van der Waals surface area contributed by atoms with E-state index in [0.29, 0.717) is 44.1 Å². The van der Waals surface area contributed by atoms with Crippen LogP contribution in [0.3, 0.4) is 0 Å². The molecule has 0 amide bonds. The van der Waals surface area contributed by atoms with Crippen molar-refractivity contribution in [2.24, 2.45) is 50.2 Å². The first-order valence-corrected chi connectivity index (χ1v) is 26.7. The van der Waals surface area contributed by atoms with Gasteiger partial charge < -0.3 is 105 Å². The molecule has 0 aromatic rings. The highest BCUT2D eigenvalue weighted by atomic mass is 16.8. The monoisotopic (exact) mass is 1090 g/mol. The normalized spacial score (nSPS) is 52.0. The van der Waals surface area contributed by atoms with Crippen LogP contribution in [0, 0.1) is 50.2 Å². The SMILES string of the molecule is CC=C(C)C(=O)OC1C(O)C2(CO)C(CC1(C)C)C1=CCC3C4(C)CCC(OC5OC(C(=O)O)C(O)C(OC6OC(CO)C(O)C(O)C6O)C5OC5OC(CO)C(O)C(O)C5O)C(C)(C)C4CCC3(C)C1(C)C(O)C2O. The van der Waals surface area contributed by atoms with Crippen LogP contribution in [0.15, 0.2) is 23.3 Å². The molecule has 23 heteroatoms. The lowest BCUT2D eigenvalue weighted by atomic mass is 9.32. The quantitative estimate of drug-likeness (QED) is 0.0440. The molecule has 0 aromatic carbocycles. The first kappa shape index (κ1) is 59.8. The summed E-state index contributed by atoms with van der Waals surface area (Å²) in [5.74, 6) is -3.23. The number of carbonyl (C=O) groups excluding carboxylic acids is 1. The van der Waals surface area contributed by atoms with Crippen molar-refractivity contribution < 1.29 is 114 Å². The van der Waals surface area contributed by atoms with Crippen LogP contribution >= 0.6 is 0 Å². The van der Waals surface area contributed by atoms with Gasteiger partial charge in [0.05, 0.1) is 43.5 Å². The Morgan fingerprint density at radius 2 is 1.24 bits per heavy atom. The third kappa shape index (κ3) is 8.98. The van der Waals surface area contributed by atoms with E-state index < -0.39 is 193 Å². The van der Waals surface area contributed by atoms with Crippen LogP contribution in [0.25, 0.3) is 0 Å². The Morgan fingerprint density at radius 3 is 1.76 bits per heavy atom. The number of allylic oxidation sites excluding steroid dienone is 2. The summed E-state index contributed by atoms with van der Waals surface area (Å²) in [5, 5.41) is 156. The molecule has 27 atom stereocenters. The molecule has 0 bridgehead atoms. The van der Waals surface area contributed by atoms with Crippen LogP contribution in [0.1, 0.15) is 101 Å². The second-order valence-electron chi connectivity index (χ2n) is 25.1.